The van der Waals surface area contributed by atoms with Crippen LogP contribution in [0, 0.1) is 0 Å². The summed E-state index contributed by atoms with van der Waals surface area (Å²) in [5.41, 5.74) is 2.22. The van der Waals surface area contributed by atoms with E-state index in [9.17, 15) is 0 Å². The van der Waals surface area contributed by atoms with Crippen LogP contribution in [0.2, 0.25) is 0 Å². The second-order valence-corrected chi connectivity index (χ2v) is 13.5. The van der Waals surface area contributed by atoms with Gasteiger partial charge in [-0.1, -0.05) is 124 Å². The van der Waals surface area contributed by atoms with Gasteiger partial charge in [0.25, 0.3) is 0 Å². The topological polar surface area (TPSA) is 21.6 Å². The van der Waals surface area contributed by atoms with Gasteiger partial charge in [0.05, 0.1) is 10.3 Å². The summed E-state index contributed by atoms with van der Waals surface area (Å²) >= 11 is 0. The zero-order valence-corrected chi connectivity index (χ0v) is 23.6. The molecule has 0 aliphatic carbocycles. The lowest BCUT2D eigenvalue weighted by atomic mass is 10.0. The van der Waals surface area contributed by atoms with Crippen LogP contribution in [0.5, 0.6) is 5.75 Å². The zero-order valence-electron chi connectivity index (χ0n) is 20.3. The van der Waals surface area contributed by atoms with Gasteiger partial charge in [-0.25, -0.2) is 4.99 Å². The van der Waals surface area contributed by atoms with Crippen molar-refractivity contribution < 1.29 is 4.74 Å². The lowest BCUT2D eigenvalue weighted by Crippen LogP contribution is -2.13. The summed E-state index contributed by atoms with van der Waals surface area (Å²) in [5.74, 6) is 2.01. The highest BCUT2D eigenvalue weighted by Crippen LogP contribution is 2.47. The van der Waals surface area contributed by atoms with Crippen molar-refractivity contribution in [2.45, 2.75) is 40.6 Å². The van der Waals surface area contributed by atoms with Crippen molar-refractivity contribution in [3.63, 3.8) is 0 Å². The molecule has 0 N–H and O–H groups in total. The second-order valence-electron chi connectivity index (χ2n) is 8.29. The van der Waals surface area contributed by atoms with Crippen molar-refractivity contribution in [3.05, 3.63) is 121 Å². The first kappa shape index (κ1) is 26.8. The molecule has 6 heteroatoms. The van der Waals surface area contributed by atoms with Crippen LogP contribution in [-0.2, 0) is 0 Å². The number of hydrogen-bond donors (Lipinski definition) is 0. The fraction of sp³-hybridized carbons (Fsp3) is 0.167. The third-order valence-electron chi connectivity index (χ3n) is 5.12. The number of ether oxygens (including phenoxy) is 1. The van der Waals surface area contributed by atoms with Gasteiger partial charge in [0.15, 0.2) is 5.90 Å². The molecular weight excluding hydrogens is 519 g/mol. The van der Waals surface area contributed by atoms with Crippen molar-refractivity contribution in [3.8, 4) is 5.75 Å². The maximum Gasteiger partial charge on any atom is 0.197 e. The van der Waals surface area contributed by atoms with Gasteiger partial charge in [0, 0.05) is 16.2 Å². The van der Waals surface area contributed by atoms with E-state index in [0.29, 0.717) is 18.2 Å². The lowest BCUT2D eigenvalue weighted by molar-refractivity contribution is 0.535. The predicted octanol–water partition coefficient (Wildman–Crippen LogP) is 10.5. The van der Waals surface area contributed by atoms with E-state index in [0.717, 1.165) is 11.4 Å². The highest BCUT2D eigenvalue weighted by Gasteiger charge is 2.18. The molecule has 0 fully saturated rings. The van der Waals surface area contributed by atoms with Gasteiger partial charge >= 0.3 is 0 Å². The highest BCUT2D eigenvalue weighted by atomic mass is 33.1. The van der Waals surface area contributed by atoms with E-state index < -0.39 is 0 Å². The number of benzene rings is 4. The smallest absolute Gasteiger partial charge is 0.197 e. The van der Waals surface area contributed by atoms with Crippen molar-refractivity contribution in [2.24, 2.45) is 4.99 Å². The Kier molecular flexibility index (Phi) is 10.8. The molecule has 0 bridgehead atoms. The summed E-state index contributed by atoms with van der Waals surface area (Å²) in [7, 11) is 7.29. The Labute approximate surface area is 230 Å². The summed E-state index contributed by atoms with van der Waals surface area (Å²) < 4.78 is 6.56. The zero-order chi connectivity index (χ0) is 25.0. The van der Waals surface area contributed by atoms with Crippen LogP contribution < -0.4 is 4.74 Å². The van der Waals surface area contributed by atoms with Gasteiger partial charge < -0.3 is 4.74 Å². The van der Waals surface area contributed by atoms with Gasteiger partial charge in [0.2, 0.25) is 0 Å². The summed E-state index contributed by atoms with van der Waals surface area (Å²) in [6.45, 7) is 4.41. The molecule has 0 aliphatic heterocycles. The van der Waals surface area contributed by atoms with Crippen molar-refractivity contribution in [2.75, 3.05) is 0 Å². The second kappa shape index (κ2) is 14.5. The first-order chi connectivity index (χ1) is 17.7. The SMILES string of the molecule is CC(C)c1ccc(/N=C(/CC(SSc2ccccc2)SSc2ccccc2)Oc2ccccc2)cc1. The summed E-state index contributed by atoms with van der Waals surface area (Å²) in [4.78, 5) is 7.43. The van der Waals surface area contributed by atoms with E-state index in [1.807, 2.05) is 51.9 Å². The van der Waals surface area contributed by atoms with Gasteiger partial charge in [-0.2, -0.15) is 0 Å². The van der Waals surface area contributed by atoms with Gasteiger partial charge in [-0.15, -0.1) is 0 Å². The maximum atomic E-state index is 6.34. The van der Waals surface area contributed by atoms with E-state index in [1.54, 1.807) is 21.6 Å². The maximum absolute atomic E-state index is 6.34. The largest absolute Gasteiger partial charge is 0.443 e. The molecule has 0 radical (unpaired) electrons. The highest BCUT2D eigenvalue weighted by molar-refractivity contribution is 8.85. The Hall–Kier alpha value is -2.25. The summed E-state index contributed by atoms with van der Waals surface area (Å²) in [6, 6.07) is 39.4. The first-order valence-corrected chi connectivity index (χ1v) is 16.3. The lowest BCUT2D eigenvalue weighted by Gasteiger charge is -2.17. The van der Waals surface area contributed by atoms with Gasteiger partial charge in [0.1, 0.15) is 5.75 Å². The molecule has 0 amide bonds. The molecule has 4 aromatic carbocycles. The first-order valence-electron chi connectivity index (χ1n) is 11.8. The molecule has 0 unspecified atom stereocenters. The molecular formula is C30H29NOS4. The average Bonchev–Trinajstić information content (AvgIpc) is 2.92. The Morgan fingerprint density at radius 1 is 0.667 bits per heavy atom. The molecule has 36 heavy (non-hydrogen) atoms. The normalized spacial score (nSPS) is 11.7. The Balaban J connectivity index is 1.55. The molecule has 4 aromatic rings. The number of rotatable bonds is 11. The summed E-state index contributed by atoms with van der Waals surface area (Å²) in [6.07, 6.45) is 0.690. The van der Waals surface area contributed by atoms with E-state index in [4.69, 9.17) is 9.73 Å². The number of nitrogens with zero attached hydrogens (tertiary/aromatic N) is 1. The number of aliphatic imine (C=N–C) groups is 1. The molecule has 0 aliphatic rings. The van der Waals surface area contributed by atoms with Crippen LogP contribution in [0.25, 0.3) is 0 Å². The molecule has 0 aromatic heterocycles. The van der Waals surface area contributed by atoms with E-state index in [2.05, 4.69) is 98.8 Å². The van der Waals surface area contributed by atoms with Crippen LogP contribution in [0.1, 0.15) is 31.7 Å². The van der Waals surface area contributed by atoms with Crippen molar-refractivity contribution >= 4 is 54.8 Å². The minimum absolute atomic E-state index is 0.220. The minimum Gasteiger partial charge on any atom is -0.443 e. The van der Waals surface area contributed by atoms with Crippen molar-refractivity contribution in [1.82, 2.24) is 0 Å². The van der Waals surface area contributed by atoms with E-state index in [-0.39, 0.29) is 4.58 Å². The monoisotopic (exact) mass is 547 g/mol. The molecule has 0 saturated carbocycles. The van der Waals surface area contributed by atoms with Crippen LogP contribution in [0.3, 0.4) is 0 Å². The van der Waals surface area contributed by atoms with Crippen LogP contribution in [0.4, 0.5) is 5.69 Å². The number of hydrogen-bond acceptors (Lipinski definition) is 6. The number of para-hydroxylation sites is 1. The van der Waals surface area contributed by atoms with Gasteiger partial charge in [-0.05, 0) is 60.0 Å². The van der Waals surface area contributed by atoms with Crippen LogP contribution in [0.15, 0.2) is 130 Å². The van der Waals surface area contributed by atoms with Crippen LogP contribution >= 0.6 is 43.2 Å². The molecule has 184 valence electrons. The molecule has 2 nitrogen and oxygen atoms in total. The Bertz CT molecular complexity index is 1160. The third kappa shape index (κ3) is 9.00. The fourth-order valence-corrected chi connectivity index (χ4v) is 8.98. The Morgan fingerprint density at radius 2 is 1.17 bits per heavy atom. The van der Waals surface area contributed by atoms with E-state index >= 15 is 0 Å². The van der Waals surface area contributed by atoms with Crippen molar-refractivity contribution in [1.29, 1.82) is 0 Å². The molecule has 0 saturated heterocycles. The molecule has 4 rings (SSSR count). The molecule has 0 spiro atoms. The quantitative estimate of drug-likeness (QED) is 0.0803. The minimum atomic E-state index is 0.220. The molecule has 0 heterocycles. The van der Waals surface area contributed by atoms with Gasteiger partial charge in [-0.3, -0.25) is 0 Å². The van der Waals surface area contributed by atoms with E-state index in [1.165, 1.54) is 15.4 Å². The predicted molar refractivity (Wildman–Crippen MR) is 163 cm³/mol. The summed E-state index contributed by atoms with van der Waals surface area (Å²) in [5, 5.41) is 0. The standard InChI is InChI=1S/C30H29NOS4/c1-23(2)24-18-20-25(21-19-24)31-29(32-26-12-6-3-7-13-26)22-30(35-33-27-14-8-4-9-15-27)36-34-28-16-10-5-11-17-28/h3-21,23,30H,22H2,1-2H3/b31-29-. The fourth-order valence-electron chi connectivity index (χ4n) is 3.21. The Morgan fingerprint density at radius 3 is 1.67 bits per heavy atom. The van der Waals surface area contributed by atoms with Crippen LogP contribution in [-0.4, -0.2) is 10.5 Å². The molecule has 0 atom stereocenters. The average molecular weight is 548 g/mol. The third-order valence-corrected chi connectivity index (χ3v) is 11.4.